The molecule has 1 unspecified atom stereocenters. The second-order valence-electron chi connectivity index (χ2n) is 3.77. The van der Waals surface area contributed by atoms with Crippen LogP contribution in [0.5, 0.6) is 0 Å². The summed E-state index contributed by atoms with van der Waals surface area (Å²) >= 11 is 16.2. The van der Waals surface area contributed by atoms with Gasteiger partial charge < -0.3 is 5.11 Å². The Labute approximate surface area is 136 Å². The molecule has 0 saturated carbocycles. The molecule has 0 saturated heterocycles. The van der Waals surface area contributed by atoms with Gasteiger partial charge in [-0.3, -0.25) is 0 Å². The van der Waals surface area contributed by atoms with E-state index in [1.807, 2.05) is 24.3 Å². The molecule has 1 atom stereocenters. The van der Waals surface area contributed by atoms with Crippen LogP contribution in [0.25, 0.3) is 0 Å². The number of hydrogen-bond acceptors (Lipinski definition) is 1. The van der Waals surface area contributed by atoms with E-state index in [4.69, 9.17) is 11.6 Å². The molecule has 2 rings (SSSR count). The lowest BCUT2D eigenvalue weighted by atomic mass is 10.0. The van der Waals surface area contributed by atoms with Crippen LogP contribution < -0.4 is 0 Å². The van der Waals surface area contributed by atoms with E-state index >= 15 is 0 Å². The summed E-state index contributed by atoms with van der Waals surface area (Å²) in [5, 5.41) is 11.0. The molecule has 0 radical (unpaired) electrons. The normalized spacial score (nSPS) is 12.5. The predicted octanol–water partition coefficient (Wildman–Crippen LogP) is 5.71. The van der Waals surface area contributed by atoms with Crippen molar-refractivity contribution in [1.82, 2.24) is 0 Å². The van der Waals surface area contributed by atoms with Gasteiger partial charge in [0.15, 0.2) is 0 Å². The van der Waals surface area contributed by atoms with Crippen molar-refractivity contribution in [3.8, 4) is 0 Å². The molecule has 18 heavy (non-hydrogen) atoms. The monoisotopic (exact) mass is 452 g/mol. The van der Waals surface area contributed by atoms with Gasteiger partial charge in [-0.25, -0.2) is 0 Å². The molecule has 2 aromatic carbocycles. The molecule has 1 nitrogen and oxygen atoms in total. The maximum atomic E-state index is 10.4. The van der Waals surface area contributed by atoms with Gasteiger partial charge >= 0.3 is 0 Å². The van der Waals surface area contributed by atoms with Crippen molar-refractivity contribution in [3.63, 3.8) is 0 Å². The van der Waals surface area contributed by atoms with E-state index in [2.05, 4.69) is 47.8 Å². The van der Waals surface area contributed by atoms with Crippen molar-refractivity contribution in [2.75, 3.05) is 0 Å². The second-order valence-corrected chi connectivity index (χ2v) is 6.89. The fourth-order valence-electron chi connectivity index (χ4n) is 1.64. The number of aliphatic hydroxyl groups is 1. The first kappa shape index (κ1) is 14.5. The quantitative estimate of drug-likeness (QED) is 0.615. The van der Waals surface area contributed by atoms with Gasteiger partial charge in [0.05, 0.1) is 0 Å². The maximum absolute atomic E-state index is 10.4. The minimum absolute atomic E-state index is 0.588. The van der Waals surface area contributed by atoms with Crippen LogP contribution in [-0.4, -0.2) is 5.11 Å². The van der Waals surface area contributed by atoms with Crippen molar-refractivity contribution in [2.45, 2.75) is 6.10 Å². The van der Waals surface area contributed by atoms with Gasteiger partial charge in [0.1, 0.15) is 6.10 Å². The van der Waals surface area contributed by atoms with Gasteiger partial charge in [-0.15, -0.1) is 0 Å². The molecule has 0 amide bonds. The van der Waals surface area contributed by atoms with E-state index in [0.29, 0.717) is 5.02 Å². The summed E-state index contributed by atoms with van der Waals surface area (Å²) in [6, 6.07) is 11.1. The Morgan fingerprint density at radius 3 is 2.33 bits per heavy atom. The SMILES string of the molecule is OC(c1cc(Cl)cc(Br)c1)c1cc(Br)ccc1Br. The lowest BCUT2D eigenvalue weighted by Gasteiger charge is -2.14. The van der Waals surface area contributed by atoms with Crippen LogP contribution in [0.3, 0.4) is 0 Å². The molecular weight excluding hydrogens is 447 g/mol. The van der Waals surface area contributed by atoms with Crippen molar-refractivity contribution < 1.29 is 5.11 Å². The van der Waals surface area contributed by atoms with Gasteiger partial charge in [-0.2, -0.15) is 0 Å². The third-order valence-electron chi connectivity index (χ3n) is 2.45. The van der Waals surface area contributed by atoms with Crippen molar-refractivity contribution in [3.05, 3.63) is 66.0 Å². The number of aliphatic hydroxyl groups excluding tert-OH is 1. The zero-order valence-corrected chi connectivity index (χ0v) is 14.5. The largest absolute Gasteiger partial charge is 0.384 e. The Morgan fingerprint density at radius 2 is 1.67 bits per heavy atom. The number of rotatable bonds is 2. The summed E-state index contributed by atoms with van der Waals surface area (Å²) in [6.07, 6.45) is -0.730. The van der Waals surface area contributed by atoms with Gasteiger partial charge in [-0.1, -0.05) is 59.4 Å². The zero-order valence-electron chi connectivity index (χ0n) is 9.00. The topological polar surface area (TPSA) is 20.2 Å². The average molecular weight is 455 g/mol. The summed E-state index contributed by atoms with van der Waals surface area (Å²) in [5.74, 6) is 0. The van der Waals surface area contributed by atoms with E-state index in [1.54, 1.807) is 12.1 Å². The highest BCUT2D eigenvalue weighted by Crippen LogP contribution is 2.33. The van der Waals surface area contributed by atoms with E-state index in [-0.39, 0.29) is 0 Å². The molecule has 2 aromatic rings. The minimum Gasteiger partial charge on any atom is -0.384 e. The van der Waals surface area contributed by atoms with Crippen LogP contribution in [-0.2, 0) is 0 Å². The van der Waals surface area contributed by atoms with Crippen molar-refractivity contribution in [1.29, 1.82) is 0 Å². The van der Waals surface area contributed by atoms with Crippen LogP contribution in [0, 0.1) is 0 Å². The Morgan fingerprint density at radius 1 is 0.944 bits per heavy atom. The number of hydrogen-bond donors (Lipinski definition) is 1. The molecule has 1 N–H and O–H groups in total. The van der Waals surface area contributed by atoms with Crippen LogP contribution in [0.1, 0.15) is 17.2 Å². The van der Waals surface area contributed by atoms with Crippen molar-refractivity contribution >= 4 is 59.4 Å². The molecule has 0 aliphatic carbocycles. The Balaban J connectivity index is 2.47. The first-order valence-corrected chi connectivity index (χ1v) is 7.82. The first-order chi connectivity index (χ1) is 8.47. The summed E-state index contributed by atoms with van der Waals surface area (Å²) in [5.41, 5.74) is 1.53. The van der Waals surface area contributed by atoms with Crippen LogP contribution in [0.2, 0.25) is 5.02 Å². The summed E-state index contributed by atoms with van der Waals surface area (Å²) in [7, 11) is 0. The molecular formula is C13H8Br3ClO. The van der Waals surface area contributed by atoms with Crippen LogP contribution in [0.15, 0.2) is 49.8 Å². The van der Waals surface area contributed by atoms with E-state index in [9.17, 15) is 5.11 Å². The molecule has 0 aliphatic heterocycles. The fraction of sp³-hybridized carbons (Fsp3) is 0.0769. The highest BCUT2D eigenvalue weighted by molar-refractivity contribution is 9.11. The molecule has 0 aliphatic rings. The minimum atomic E-state index is -0.730. The van der Waals surface area contributed by atoms with Gasteiger partial charge in [0.25, 0.3) is 0 Å². The number of halogens is 4. The Hall–Kier alpha value is 0.130. The lowest BCUT2D eigenvalue weighted by Crippen LogP contribution is -2.01. The fourth-order valence-corrected chi connectivity index (χ4v) is 3.37. The highest BCUT2D eigenvalue weighted by atomic mass is 79.9. The van der Waals surface area contributed by atoms with Crippen molar-refractivity contribution in [2.24, 2.45) is 0 Å². The molecule has 0 fully saturated rings. The number of benzene rings is 2. The van der Waals surface area contributed by atoms with E-state index < -0.39 is 6.10 Å². The summed E-state index contributed by atoms with van der Waals surface area (Å²) in [6.45, 7) is 0. The molecule has 94 valence electrons. The molecule has 5 heteroatoms. The average Bonchev–Trinajstić information content (AvgIpc) is 2.30. The predicted molar refractivity (Wildman–Crippen MR) is 85.1 cm³/mol. The van der Waals surface area contributed by atoms with Crippen LogP contribution >= 0.6 is 59.4 Å². The molecule has 0 spiro atoms. The third-order valence-corrected chi connectivity index (χ3v) is 4.34. The third kappa shape index (κ3) is 3.36. The summed E-state index contributed by atoms with van der Waals surface area (Å²) in [4.78, 5) is 0. The lowest BCUT2D eigenvalue weighted by molar-refractivity contribution is 0.219. The molecule has 0 aromatic heterocycles. The smallest absolute Gasteiger partial charge is 0.105 e. The molecule has 0 bridgehead atoms. The van der Waals surface area contributed by atoms with Crippen LogP contribution in [0.4, 0.5) is 0 Å². The Kier molecular flexibility index (Phi) is 4.89. The zero-order chi connectivity index (χ0) is 13.3. The molecule has 0 heterocycles. The Bertz CT molecular complexity index is 566. The maximum Gasteiger partial charge on any atom is 0.105 e. The second kappa shape index (κ2) is 6.06. The van der Waals surface area contributed by atoms with Gasteiger partial charge in [0.2, 0.25) is 0 Å². The van der Waals surface area contributed by atoms with E-state index in [1.165, 1.54) is 0 Å². The summed E-state index contributed by atoms with van der Waals surface area (Å²) < 4.78 is 2.62. The van der Waals surface area contributed by atoms with E-state index in [0.717, 1.165) is 24.5 Å². The van der Waals surface area contributed by atoms with Gasteiger partial charge in [-0.05, 0) is 42.0 Å². The standard InChI is InChI=1S/C13H8Br3ClO/c14-8-1-2-12(16)11(6-8)13(18)7-3-9(15)5-10(17)4-7/h1-6,13,18H. The van der Waals surface area contributed by atoms with Gasteiger partial charge in [0, 0.05) is 24.0 Å². The highest BCUT2D eigenvalue weighted by Gasteiger charge is 2.15. The first-order valence-electron chi connectivity index (χ1n) is 5.06.